The highest BCUT2D eigenvalue weighted by Crippen LogP contribution is 3.01. The fraction of sp³-hybridized carbons (Fsp3) is 0.528. The molecule has 10 rings (SSSR count). The van der Waals surface area contributed by atoms with Crippen LogP contribution in [0.5, 0.6) is 5.75 Å². The van der Waals surface area contributed by atoms with Crippen LogP contribution in [0, 0.1) is 29.1 Å². The number of benzene rings is 3. The van der Waals surface area contributed by atoms with E-state index in [1.165, 1.54) is 16.7 Å². The number of amides is 7. The second-order valence-electron chi connectivity index (χ2n) is 21.8. The lowest BCUT2D eigenvalue weighted by atomic mass is 9.72. The molecule has 74 heavy (non-hydrogen) atoms. The maximum absolute atomic E-state index is 15.1. The van der Waals surface area contributed by atoms with Crippen molar-refractivity contribution in [2.75, 3.05) is 59.4 Å². The smallest absolute Gasteiger partial charge is 0.373 e. The number of aryl methyl sites for hydroxylation is 1. The van der Waals surface area contributed by atoms with Gasteiger partial charge >= 0.3 is 7.60 Å². The molecule has 4 fully saturated rings. The Morgan fingerprint density at radius 1 is 0.892 bits per heavy atom. The van der Waals surface area contributed by atoms with Crippen molar-refractivity contribution in [3.8, 4) is 5.75 Å². The van der Waals surface area contributed by atoms with Crippen LogP contribution in [-0.2, 0) is 38.1 Å². The number of thioether (sulfide) groups is 1. The molecule has 3 saturated carbocycles. The zero-order chi connectivity index (χ0) is 53.0. The van der Waals surface area contributed by atoms with Crippen molar-refractivity contribution in [3.05, 3.63) is 59.3 Å². The van der Waals surface area contributed by atoms with Crippen molar-refractivity contribution in [1.82, 2.24) is 20.5 Å². The van der Waals surface area contributed by atoms with Gasteiger partial charge in [-0.05, 0) is 86.3 Å². The number of imide groups is 1. The third-order valence-electron chi connectivity index (χ3n) is 16.8. The van der Waals surface area contributed by atoms with Gasteiger partial charge in [-0.15, -0.1) is 23.2 Å². The predicted molar refractivity (Wildman–Crippen MR) is 286 cm³/mol. The summed E-state index contributed by atoms with van der Waals surface area (Å²) in [5.74, 6) is -1.90. The van der Waals surface area contributed by atoms with Crippen LogP contribution < -0.4 is 30.3 Å². The predicted octanol–water partition coefficient (Wildman–Crippen LogP) is 7.67. The molecule has 4 aromatic rings. The van der Waals surface area contributed by atoms with Gasteiger partial charge in [0.2, 0.25) is 41.4 Å². The number of nitrogens with zero attached hydrogens (tertiary/aromatic N) is 3. The van der Waals surface area contributed by atoms with Crippen molar-refractivity contribution in [1.29, 1.82) is 0 Å². The van der Waals surface area contributed by atoms with Crippen LogP contribution in [0.4, 0.5) is 17.1 Å². The van der Waals surface area contributed by atoms with Gasteiger partial charge in [-0.1, -0.05) is 44.5 Å². The molecule has 9 unspecified atom stereocenters. The number of aromatic nitrogens is 1. The van der Waals surface area contributed by atoms with E-state index in [-0.39, 0.29) is 82.9 Å². The summed E-state index contributed by atoms with van der Waals surface area (Å²) in [5.41, 5.74) is 2.91. The average Bonchev–Trinajstić information content (AvgIpc) is 3.55. The third kappa shape index (κ3) is 8.40. The maximum atomic E-state index is 15.1. The highest BCUT2D eigenvalue weighted by Gasteiger charge is 3.01. The molecule has 394 valence electrons. The Morgan fingerprint density at radius 2 is 1.53 bits per heavy atom. The minimum absolute atomic E-state index is 0.0795. The Labute approximate surface area is 443 Å². The monoisotopic (exact) mass is 1090 g/mol. The summed E-state index contributed by atoms with van der Waals surface area (Å²) in [6.45, 7) is 9.17. The van der Waals surface area contributed by atoms with E-state index in [1.54, 1.807) is 42.8 Å². The third-order valence-corrected chi connectivity index (χ3v) is 19.0. The fourth-order valence-corrected chi connectivity index (χ4v) is 14.7. The van der Waals surface area contributed by atoms with Crippen LogP contribution in [0.25, 0.3) is 21.7 Å². The lowest BCUT2D eigenvalue weighted by Crippen LogP contribution is -2.53. The Morgan fingerprint density at radius 3 is 2.12 bits per heavy atom. The van der Waals surface area contributed by atoms with Gasteiger partial charge in [-0.25, -0.2) is 4.57 Å². The van der Waals surface area contributed by atoms with Gasteiger partial charge in [0.15, 0.2) is 5.75 Å². The molecule has 3 aliphatic heterocycles. The first-order valence-corrected chi connectivity index (χ1v) is 29.8. The normalized spacial score (nSPS) is 26.7. The lowest BCUT2D eigenvalue weighted by molar-refractivity contribution is -0.138. The number of aromatic amines is 1. The number of carbonyl (C=O) groups is 7. The Balaban J connectivity index is 0.813. The first-order chi connectivity index (χ1) is 35.1. The lowest BCUT2D eigenvalue weighted by Gasteiger charge is -2.37. The topological polar surface area (TPSA) is 228 Å². The van der Waals surface area contributed by atoms with E-state index in [2.05, 4.69) is 20.9 Å². The van der Waals surface area contributed by atoms with Crippen LogP contribution in [0.3, 0.4) is 0 Å². The first kappa shape index (κ1) is 52.3. The number of unbranched alkanes of at least 4 members (excludes halogenated alkanes) is 2. The molecule has 1 spiro atoms. The summed E-state index contributed by atoms with van der Waals surface area (Å²) >= 11 is 14.6. The highest BCUT2D eigenvalue weighted by molar-refractivity contribution is 8.00. The molecule has 4 heterocycles. The number of carbonyl (C=O) groups excluding carboxylic acids is 7. The summed E-state index contributed by atoms with van der Waals surface area (Å²) in [4.78, 5) is 114. The van der Waals surface area contributed by atoms with Crippen LogP contribution in [-0.4, -0.2) is 118 Å². The second kappa shape index (κ2) is 19.2. The molecular formula is C53H62Cl2N7O10PS. The van der Waals surface area contributed by atoms with Crippen molar-refractivity contribution in [2.24, 2.45) is 22.2 Å². The summed E-state index contributed by atoms with van der Waals surface area (Å²) in [5, 5.41) is 10.7. The molecular weight excluding hydrogens is 1030 g/mol. The maximum Gasteiger partial charge on any atom is 0.373 e. The van der Waals surface area contributed by atoms with E-state index in [4.69, 9.17) is 27.7 Å². The molecule has 0 bridgehead atoms. The largest absolute Gasteiger partial charge is 0.422 e. The molecule has 1 aromatic heterocycles. The van der Waals surface area contributed by atoms with Crippen LogP contribution in [0.2, 0.25) is 0 Å². The van der Waals surface area contributed by atoms with Gasteiger partial charge in [0.1, 0.15) is 12.1 Å². The van der Waals surface area contributed by atoms with E-state index in [0.717, 1.165) is 39.5 Å². The summed E-state index contributed by atoms with van der Waals surface area (Å²) in [7, 11) is -3.97. The van der Waals surface area contributed by atoms with Crippen molar-refractivity contribution in [3.63, 3.8) is 0 Å². The minimum atomic E-state index is -3.97. The molecule has 17 nitrogen and oxygen atoms in total. The molecule has 21 heteroatoms. The SMILES string of the molecule is CSC1CC(=O)N(CCCCCC(=O)NC(C(=O)NC(C)C(=O)Nc2cc3c(c4ccccc24)C(CCl)CN3C(=O)C23CC4(C(=O)N5CC(CCl)c6c5cc(OP(C)(=O)O)c5[nH]cc(C)c65)CC24C3)C(C)C)C1=O. The van der Waals surface area contributed by atoms with E-state index in [0.29, 0.717) is 80.7 Å². The zero-order valence-corrected chi connectivity index (χ0v) is 45.5. The molecule has 6 aliphatic rings. The van der Waals surface area contributed by atoms with E-state index in [9.17, 15) is 38.2 Å². The van der Waals surface area contributed by atoms with E-state index in [1.807, 2.05) is 43.5 Å². The Bertz CT molecular complexity index is 3130. The van der Waals surface area contributed by atoms with Gasteiger partial charge in [-0.2, -0.15) is 11.8 Å². The number of H-pyrrole nitrogens is 1. The number of nitrogens with one attached hydrogen (secondary N) is 4. The number of fused-ring (bicyclic) bond motifs is 6. The number of hydrogen-bond acceptors (Lipinski definition) is 10. The standard InChI is InChI=1S/C53H62Cl2N7O10PS/c1-27(2)44(59-39(63)14-8-7-11-15-60-40(64)18-38(74-6)48(60)67)47(66)57-29(4)46(65)58-34-16-35-42(33-13-10-9-12-32(33)34)30(19-54)22-61(35)49(68)51-24-52(26-53(51,52)25-51)50(69)62-23-31(20-55)43-36(62)17-37(72-73(5,70)71)45-41(43)28(3)21-56-45/h9-10,12-13,16-17,21,27,29-31,38,44,56H,7-8,11,14-15,18-20,22-26H2,1-6H3,(H,57,66)(H,58,65)(H,59,63)(H,70,71). The second-order valence-corrected chi connectivity index (χ2v) is 25.2. The zero-order valence-electron chi connectivity index (χ0n) is 42.3. The highest BCUT2D eigenvalue weighted by atomic mass is 35.5. The number of hydrogen-bond donors (Lipinski definition) is 5. The molecule has 3 aromatic carbocycles. The molecule has 5 N–H and O–H groups in total. The van der Waals surface area contributed by atoms with Crippen molar-refractivity contribution >= 4 is 123 Å². The van der Waals surface area contributed by atoms with Gasteiger partial charge in [0.05, 0.1) is 33.0 Å². The first-order valence-electron chi connectivity index (χ1n) is 25.4. The number of likely N-dealkylation sites (tertiary alicyclic amines) is 1. The number of halogens is 2. The number of alkyl halides is 2. The number of rotatable bonds is 19. The van der Waals surface area contributed by atoms with Crippen molar-refractivity contribution in [2.45, 2.75) is 108 Å². The summed E-state index contributed by atoms with van der Waals surface area (Å²) in [6, 6.07) is 9.11. The average molecular weight is 1090 g/mol. The van der Waals surface area contributed by atoms with Crippen molar-refractivity contribution < 1.29 is 47.5 Å². The molecule has 1 saturated heterocycles. The van der Waals surface area contributed by atoms with E-state index >= 15 is 4.79 Å². The van der Waals surface area contributed by atoms with Gasteiger partial charge < -0.3 is 40.2 Å². The fourth-order valence-electron chi connectivity index (χ4n) is 13.0. The Kier molecular flexibility index (Phi) is 13.5. The van der Waals surface area contributed by atoms with Gasteiger partial charge in [0.25, 0.3) is 0 Å². The molecule has 9 atom stereocenters. The summed E-state index contributed by atoms with van der Waals surface area (Å²) in [6.07, 6.45) is 7.16. The quantitative estimate of drug-likeness (QED) is 0.0265. The van der Waals surface area contributed by atoms with Crippen LogP contribution in [0.15, 0.2) is 42.6 Å². The minimum Gasteiger partial charge on any atom is -0.422 e. The number of anilines is 3. The van der Waals surface area contributed by atoms with E-state index < -0.39 is 47.7 Å². The molecule has 0 radical (unpaired) electrons. The van der Waals surface area contributed by atoms with Gasteiger partial charge in [0, 0.05) is 96.9 Å². The van der Waals surface area contributed by atoms with Gasteiger partial charge in [-0.3, -0.25) is 38.5 Å². The van der Waals surface area contributed by atoms with Crippen LogP contribution in [0.1, 0.15) is 101 Å². The molecule has 7 amide bonds. The molecule has 3 aliphatic carbocycles. The van der Waals surface area contributed by atoms with Crippen LogP contribution >= 0.6 is 42.6 Å². The Hall–Kier alpha value is -5.13. The summed E-state index contributed by atoms with van der Waals surface area (Å²) < 4.78 is 18.1.